The normalized spacial score (nSPS) is 21.4. The van der Waals surface area contributed by atoms with E-state index in [1.165, 1.54) is 5.56 Å². The van der Waals surface area contributed by atoms with Gasteiger partial charge in [-0.1, -0.05) is 187 Å². The van der Waals surface area contributed by atoms with Crippen LogP contribution in [0.2, 0.25) is 118 Å². The third-order valence-electron chi connectivity index (χ3n) is 10.2. The van der Waals surface area contributed by atoms with Crippen molar-refractivity contribution in [2.24, 2.45) is 0 Å². The largest absolute Gasteiger partial charge is 0.204 e. The molecule has 2 atom stereocenters. The fourth-order valence-corrected chi connectivity index (χ4v) is 70.0. The molecule has 0 nitrogen and oxygen atoms in total. The highest BCUT2D eigenvalue weighted by Gasteiger charge is 2.57. The molecule has 2 heterocycles. The van der Waals surface area contributed by atoms with E-state index in [1.54, 1.807) is 11.1 Å². The lowest BCUT2D eigenvalue weighted by Crippen LogP contribution is -2.59. The van der Waals surface area contributed by atoms with E-state index < -0.39 is 55.7 Å². The Bertz CT molecular complexity index is 1370. The lowest BCUT2D eigenvalue weighted by atomic mass is 10.1. The molecule has 0 N–H and O–H groups in total. The molecule has 2 unspecified atom stereocenters. The average molecular weight is 792 g/mol. The molecular formula is C36H66S3Si7. The van der Waals surface area contributed by atoms with Crippen LogP contribution >= 0.6 is 30.9 Å². The second kappa shape index (κ2) is 13.1. The van der Waals surface area contributed by atoms with E-state index in [4.69, 9.17) is 0 Å². The molecule has 46 heavy (non-hydrogen) atoms. The van der Waals surface area contributed by atoms with Crippen molar-refractivity contribution in [2.75, 3.05) is 0 Å². The van der Waals surface area contributed by atoms with Crippen molar-refractivity contribution in [1.82, 2.24) is 0 Å². The van der Waals surface area contributed by atoms with E-state index >= 15 is 0 Å². The zero-order chi connectivity index (χ0) is 35.1. The molecule has 1 saturated heterocycles. The summed E-state index contributed by atoms with van der Waals surface area (Å²) in [5, 5.41) is 4.16. The summed E-state index contributed by atoms with van der Waals surface area (Å²) in [5.41, 5.74) is 11.4. The van der Waals surface area contributed by atoms with Gasteiger partial charge in [-0.05, 0) is 58.3 Å². The maximum Gasteiger partial charge on any atom is 0.204 e. The predicted octanol–water partition coefficient (Wildman–Crippen LogP) is 13.2. The van der Waals surface area contributed by atoms with Crippen LogP contribution in [-0.4, -0.2) is 55.7 Å². The first-order valence-corrected chi connectivity index (χ1v) is 45.5. The fraction of sp³-hybridized carbons (Fsp3) is 0.611. The van der Waals surface area contributed by atoms with Gasteiger partial charge >= 0.3 is 0 Å². The van der Waals surface area contributed by atoms with Crippen molar-refractivity contribution < 1.29 is 0 Å². The maximum atomic E-state index is 2.94. The van der Waals surface area contributed by atoms with Gasteiger partial charge in [-0.3, -0.25) is 0 Å². The molecule has 0 saturated carbocycles. The third kappa shape index (κ3) is 7.81. The summed E-state index contributed by atoms with van der Waals surface area (Å²) in [6.45, 7) is 48.6. The van der Waals surface area contributed by atoms with Gasteiger partial charge in [-0.25, -0.2) is 0 Å². The Balaban J connectivity index is 2.32. The predicted molar refractivity (Wildman–Crippen MR) is 241 cm³/mol. The molecule has 1 fully saturated rings. The highest BCUT2D eigenvalue weighted by Crippen LogP contribution is 2.66. The number of hydrogen-bond acceptors (Lipinski definition) is 3. The second-order valence-electron chi connectivity index (χ2n) is 21.0. The molecule has 0 aliphatic carbocycles. The number of benzene rings is 2. The van der Waals surface area contributed by atoms with Gasteiger partial charge in [-0.2, -0.15) is 0 Å². The van der Waals surface area contributed by atoms with E-state index in [9.17, 15) is 0 Å². The minimum absolute atomic E-state index is 0.574. The molecule has 2 aliphatic rings. The zero-order valence-electron chi connectivity index (χ0n) is 32.7. The van der Waals surface area contributed by atoms with Crippen LogP contribution in [0.1, 0.15) is 48.2 Å². The van der Waals surface area contributed by atoms with Crippen LogP contribution in [-0.2, 0) is 0 Å². The van der Waals surface area contributed by atoms with Crippen molar-refractivity contribution in [3.05, 3.63) is 69.9 Å². The van der Waals surface area contributed by atoms with Gasteiger partial charge in [0.15, 0.2) is 0 Å². The Morgan fingerprint density at radius 2 is 0.978 bits per heavy atom. The van der Waals surface area contributed by atoms with Gasteiger partial charge in [0.1, 0.15) is 0 Å². The molecule has 0 aromatic heterocycles. The summed E-state index contributed by atoms with van der Waals surface area (Å²) in [6, 6.07) is 15.3. The fourth-order valence-electron chi connectivity index (χ4n) is 10.5. The number of rotatable bonds is 10. The highest BCUT2D eigenvalue weighted by atomic mass is 33.5. The average Bonchev–Trinajstić information content (AvgIpc) is 3.23. The smallest absolute Gasteiger partial charge is 0.0972 e. The van der Waals surface area contributed by atoms with Gasteiger partial charge in [0.05, 0.1) is 4.87 Å². The second-order valence-corrected chi connectivity index (χ2v) is 65.2. The van der Waals surface area contributed by atoms with Crippen LogP contribution in [0.5, 0.6) is 0 Å². The molecular weight excluding hydrogens is 725 g/mol. The van der Waals surface area contributed by atoms with E-state index in [0.717, 1.165) is 15.5 Å². The van der Waals surface area contributed by atoms with Crippen LogP contribution in [0, 0.1) is 0 Å². The van der Waals surface area contributed by atoms with Crippen LogP contribution in [0.4, 0.5) is 0 Å². The molecule has 0 radical (unpaired) electrons. The Kier molecular flexibility index (Phi) is 11.2. The van der Waals surface area contributed by atoms with E-state index in [-0.39, 0.29) is 0 Å². The van der Waals surface area contributed by atoms with Crippen molar-refractivity contribution in [3.63, 3.8) is 0 Å². The van der Waals surface area contributed by atoms with Gasteiger partial charge in [-0.15, -0.1) is 0 Å². The molecule has 2 aromatic carbocycles. The zero-order valence-corrected chi connectivity index (χ0v) is 42.1. The van der Waals surface area contributed by atoms with Crippen molar-refractivity contribution >= 4 is 97.8 Å². The van der Waals surface area contributed by atoms with Crippen LogP contribution < -0.4 is 5.19 Å². The summed E-state index contributed by atoms with van der Waals surface area (Å²) in [5.74, 6) is 0. The molecule has 256 valence electrons. The third-order valence-corrected chi connectivity index (χ3v) is 53.8. The summed E-state index contributed by atoms with van der Waals surface area (Å²) < 4.78 is 0. The van der Waals surface area contributed by atoms with Crippen molar-refractivity contribution in [2.45, 2.75) is 138 Å². The Morgan fingerprint density at radius 1 is 0.565 bits per heavy atom. The highest BCUT2D eigenvalue weighted by molar-refractivity contribution is 9.17. The maximum absolute atomic E-state index is 2.94. The molecule has 0 amide bonds. The molecule has 0 spiro atoms. The van der Waals surface area contributed by atoms with Crippen LogP contribution in [0.25, 0.3) is 6.08 Å². The Hall–Kier alpha value is 0.748. The van der Waals surface area contributed by atoms with Gasteiger partial charge < -0.3 is 0 Å². The monoisotopic (exact) mass is 790 g/mol. The molecule has 10 heteroatoms. The minimum atomic E-state index is -2.18. The first-order valence-electron chi connectivity index (χ1n) is 17.6. The first kappa shape index (κ1) is 39.5. The standard InChI is InChI=1S/C36H66S3Si7/c1-40(2,3)34(41(4,5)6)28-25-30(35(42(7,8)9)43(10,11)12)32(31(26-28)36(44(13,14)15)45(16,17)18)46-24-23-27-21-19-20-22-29(27)33(46)37-38-39-46/h19-26,33-36H,1-18H3. The quantitative estimate of drug-likeness (QED) is 0.174. The summed E-state index contributed by atoms with van der Waals surface area (Å²) in [4.78, 5) is 0.574. The Morgan fingerprint density at radius 3 is 1.39 bits per heavy atom. The Labute approximate surface area is 303 Å². The number of fused-ring (bicyclic) bond motifs is 3. The topological polar surface area (TPSA) is 0 Å². The summed E-state index contributed by atoms with van der Waals surface area (Å²) in [6.07, 6.45) is 2.57. The van der Waals surface area contributed by atoms with Gasteiger partial charge in [0.25, 0.3) is 0 Å². The summed E-state index contributed by atoms with van der Waals surface area (Å²) >= 11 is 0. The molecule has 2 aliphatic heterocycles. The van der Waals surface area contributed by atoms with Crippen molar-refractivity contribution in [3.8, 4) is 0 Å². The lowest BCUT2D eigenvalue weighted by Gasteiger charge is -2.48. The summed E-state index contributed by atoms with van der Waals surface area (Å²) in [7, 11) is -4.90. The van der Waals surface area contributed by atoms with Gasteiger partial charge in [0.2, 0.25) is 7.22 Å². The minimum Gasteiger partial charge on any atom is -0.0972 e. The van der Waals surface area contributed by atoms with E-state index in [1.807, 2.05) is 16.3 Å². The van der Waals surface area contributed by atoms with E-state index in [0.29, 0.717) is 4.87 Å². The molecule has 4 rings (SSSR count). The molecule has 2 aromatic rings. The van der Waals surface area contributed by atoms with Gasteiger partial charge in [0, 0.05) is 48.4 Å². The van der Waals surface area contributed by atoms with E-state index in [2.05, 4.69) is 197 Å². The van der Waals surface area contributed by atoms with Crippen LogP contribution in [0.3, 0.4) is 0 Å². The SMILES string of the molecule is C[Si](C)(C)C(c1cc(C([Si](C)(C)C)[Si](C)(C)C)c([Si]23C=Cc4ccccc4C2SSS3)c(C([Si](C)(C)C)[Si](C)(C)C)c1)[Si](C)(C)C. The van der Waals surface area contributed by atoms with Crippen LogP contribution in [0.15, 0.2) is 42.1 Å². The lowest BCUT2D eigenvalue weighted by molar-refractivity contribution is 1.09. The van der Waals surface area contributed by atoms with Crippen molar-refractivity contribution in [1.29, 1.82) is 0 Å². The first-order chi connectivity index (χ1) is 20.6. The number of hydrogen-bond donors (Lipinski definition) is 0. The molecule has 0 bridgehead atoms.